The number of aliphatic hydroxyl groups excluding tert-OH is 1. The Morgan fingerprint density at radius 2 is 1.93 bits per heavy atom. The van der Waals surface area contributed by atoms with Gasteiger partial charge in [0, 0.05) is 37.3 Å². The van der Waals surface area contributed by atoms with E-state index in [9.17, 15) is 9.90 Å². The number of nitrogens with zero attached hydrogens (tertiary/aromatic N) is 2. The van der Waals surface area contributed by atoms with Gasteiger partial charge < -0.3 is 15.7 Å². The molecule has 2 aromatic carbocycles. The first-order valence-electron chi connectivity index (χ1n) is 9.95. The van der Waals surface area contributed by atoms with E-state index in [4.69, 9.17) is 5.10 Å². The van der Waals surface area contributed by atoms with Gasteiger partial charge in [-0.15, -0.1) is 0 Å². The van der Waals surface area contributed by atoms with E-state index in [-0.39, 0.29) is 11.8 Å². The Bertz CT molecular complexity index is 966. The lowest BCUT2D eigenvalue weighted by atomic mass is 10.0. The third kappa shape index (κ3) is 4.55. The summed E-state index contributed by atoms with van der Waals surface area (Å²) in [6.07, 6.45) is 1.38. The largest absolute Gasteiger partial charge is 0.391 e. The fourth-order valence-corrected chi connectivity index (χ4v) is 3.61. The number of aliphatic hydroxyl groups is 1. The summed E-state index contributed by atoms with van der Waals surface area (Å²) in [5.41, 5.74) is 4.41. The van der Waals surface area contributed by atoms with Crippen LogP contribution in [0.15, 0.2) is 60.8 Å². The number of carbonyl (C=O) groups excluding carboxylic acids is 1. The molecule has 150 valence electrons. The minimum Gasteiger partial charge on any atom is -0.391 e. The van der Waals surface area contributed by atoms with Gasteiger partial charge in [0.1, 0.15) is 5.69 Å². The van der Waals surface area contributed by atoms with Crippen molar-refractivity contribution in [2.45, 2.75) is 19.6 Å². The van der Waals surface area contributed by atoms with Gasteiger partial charge in [-0.25, -0.2) is 0 Å². The molecule has 1 aliphatic heterocycles. The predicted molar refractivity (Wildman–Crippen MR) is 113 cm³/mol. The van der Waals surface area contributed by atoms with Gasteiger partial charge in [-0.05, 0) is 12.5 Å². The van der Waals surface area contributed by atoms with Gasteiger partial charge in [0.25, 0.3) is 5.91 Å². The van der Waals surface area contributed by atoms with Crippen molar-refractivity contribution in [1.29, 1.82) is 0 Å². The molecule has 1 aromatic heterocycles. The monoisotopic (exact) mass is 390 g/mol. The first kappa shape index (κ1) is 19.4. The number of rotatable bonds is 6. The number of hydrogen-bond donors (Lipinski definition) is 3. The molecule has 2 heterocycles. The maximum absolute atomic E-state index is 13.0. The smallest absolute Gasteiger partial charge is 0.255 e. The predicted octanol–water partition coefficient (Wildman–Crippen LogP) is 2.22. The molecule has 0 radical (unpaired) electrons. The highest BCUT2D eigenvalue weighted by atomic mass is 16.3. The Labute approximate surface area is 170 Å². The summed E-state index contributed by atoms with van der Waals surface area (Å²) in [6, 6.07) is 18.1. The molecule has 3 aromatic rings. The molecule has 3 N–H and O–H groups in total. The second kappa shape index (κ2) is 8.59. The van der Waals surface area contributed by atoms with Gasteiger partial charge in [0.2, 0.25) is 0 Å². The topological polar surface area (TPSA) is 79.2 Å². The zero-order valence-corrected chi connectivity index (χ0v) is 16.5. The highest BCUT2D eigenvalue weighted by Crippen LogP contribution is 2.23. The Balaban J connectivity index is 1.59. The van der Waals surface area contributed by atoms with Crippen molar-refractivity contribution in [3.8, 4) is 11.3 Å². The summed E-state index contributed by atoms with van der Waals surface area (Å²) in [6.45, 7) is 4.35. The number of aryl methyl sites for hydroxylation is 1. The Morgan fingerprint density at radius 3 is 2.62 bits per heavy atom. The average molecular weight is 390 g/mol. The maximum atomic E-state index is 13.0. The Kier molecular flexibility index (Phi) is 5.74. The van der Waals surface area contributed by atoms with Gasteiger partial charge in [-0.2, -0.15) is 5.10 Å². The molecule has 4 rings (SSSR count). The molecular formula is C23H26N4O2. The SMILES string of the molecule is Cc1ccc(-c2nn(Cc3ccccc3)cc2C(=O)NCC2CNCC2O)cc1. The van der Waals surface area contributed by atoms with Crippen molar-refractivity contribution in [3.05, 3.63) is 77.5 Å². The van der Waals surface area contributed by atoms with Gasteiger partial charge >= 0.3 is 0 Å². The Hall–Kier alpha value is -2.96. The van der Waals surface area contributed by atoms with Crippen molar-refractivity contribution in [1.82, 2.24) is 20.4 Å². The van der Waals surface area contributed by atoms with Crippen molar-refractivity contribution in [3.63, 3.8) is 0 Å². The maximum Gasteiger partial charge on any atom is 0.255 e. The van der Waals surface area contributed by atoms with E-state index >= 15 is 0 Å². The number of amides is 1. The lowest BCUT2D eigenvalue weighted by molar-refractivity contribution is 0.0927. The van der Waals surface area contributed by atoms with E-state index in [0.717, 1.165) is 16.7 Å². The molecule has 0 aliphatic carbocycles. The molecule has 1 fully saturated rings. The molecule has 29 heavy (non-hydrogen) atoms. The number of carbonyl (C=O) groups is 1. The van der Waals surface area contributed by atoms with Crippen LogP contribution in [0.5, 0.6) is 0 Å². The zero-order chi connectivity index (χ0) is 20.2. The number of benzene rings is 2. The molecule has 0 bridgehead atoms. The van der Waals surface area contributed by atoms with Crippen molar-refractivity contribution in [2.75, 3.05) is 19.6 Å². The van der Waals surface area contributed by atoms with Gasteiger partial charge in [0.15, 0.2) is 0 Å². The third-order valence-electron chi connectivity index (χ3n) is 5.35. The van der Waals surface area contributed by atoms with Crippen LogP contribution in [0.3, 0.4) is 0 Å². The summed E-state index contributed by atoms with van der Waals surface area (Å²) in [5.74, 6) is -0.139. The highest BCUT2D eigenvalue weighted by Gasteiger charge is 2.26. The van der Waals surface area contributed by atoms with E-state index in [1.165, 1.54) is 0 Å². The molecule has 6 nitrogen and oxygen atoms in total. The first-order valence-corrected chi connectivity index (χ1v) is 9.95. The number of hydrogen-bond acceptors (Lipinski definition) is 4. The quantitative estimate of drug-likeness (QED) is 0.603. The first-order chi connectivity index (χ1) is 14.1. The molecule has 1 amide bonds. The van der Waals surface area contributed by atoms with Crippen LogP contribution in [-0.2, 0) is 6.54 Å². The standard InChI is InChI=1S/C23H26N4O2/c1-16-7-9-18(10-8-16)22-20(23(29)25-12-19-11-24-13-21(19)28)15-27(26-22)14-17-5-3-2-4-6-17/h2-10,15,19,21,24,28H,11-14H2,1H3,(H,25,29). The molecule has 6 heteroatoms. The molecule has 0 saturated carbocycles. The van der Waals surface area contributed by atoms with Crippen LogP contribution >= 0.6 is 0 Å². The minimum absolute atomic E-state index is 0.0288. The Morgan fingerprint density at radius 1 is 1.17 bits per heavy atom. The van der Waals surface area contributed by atoms with Crippen LogP contribution in [0.4, 0.5) is 0 Å². The highest BCUT2D eigenvalue weighted by molar-refractivity contribution is 5.99. The minimum atomic E-state index is -0.423. The summed E-state index contributed by atoms with van der Waals surface area (Å²) >= 11 is 0. The van der Waals surface area contributed by atoms with E-state index in [1.807, 2.05) is 66.2 Å². The second-order valence-electron chi connectivity index (χ2n) is 7.64. The molecular weight excluding hydrogens is 364 g/mol. The van der Waals surface area contributed by atoms with E-state index < -0.39 is 6.10 Å². The van der Waals surface area contributed by atoms with Crippen LogP contribution < -0.4 is 10.6 Å². The normalized spacial score (nSPS) is 18.7. The number of aromatic nitrogens is 2. The van der Waals surface area contributed by atoms with E-state index in [0.29, 0.717) is 37.4 Å². The average Bonchev–Trinajstić information content (AvgIpc) is 3.34. The summed E-state index contributed by atoms with van der Waals surface area (Å²) in [5, 5.41) is 20.8. The molecule has 2 atom stereocenters. The van der Waals surface area contributed by atoms with Crippen molar-refractivity contribution < 1.29 is 9.90 Å². The van der Waals surface area contributed by atoms with Gasteiger partial charge in [-0.1, -0.05) is 60.2 Å². The molecule has 2 unspecified atom stereocenters. The number of β-amino-alcohol motifs (C(OH)–C–C–N with tert-alkyl or cyclic N) is 1. The summed E-state index contributed by atoms with van der Waals surface area (Å²) < 4.78 is 1.81. The third-order valence-corrected chi connectivity index (χ3v) is 5.35. The van der Waals surface area contributed by atoms with Gasteiger partial charge in [0.05, 0.1) is 18.2 Å². The van der Waals surface area contributed by atoms with E-state index in [2.05, 4.69) is 10.6 Å². The number of nitrogens with one attached hydrogen (secondary N) is 2. The lowest BCUT2D eigenvalue weighted by Gasteiger charge is -2.14. The van der Waals surface area contributed by atoms with Crippen LogP contribution in [0.1, 0.15) is 21.5 Å². The van der Waals surface area contributed by atoms with Crippen molar-refractivity contribution >= 4 is 5.91 Å². The summed E-state index contributed by atoms with van der Waals surface area (Å²) in [4.78, 5) is 13.0. The van der Waals surface area contributed by atoms with Crippen LogP contribution in [0.2, 0.25) is 0 Å². The van der Waals surface area contributed by atoms with Crippen LogP contribution in [0, 0.1) is 12.8 Å². The van der Waals surface area contributed by atoms with Crippen LogP contribution in [0.25, 0.3) is 11.3 Å². The van der Waals surface area contributed by atoms with Crippen LogP contribution in [-0.4, -0.2) is 46.5 Å². The molecule has 1 aliphatic rings. The fourth-order valence-electron chi connectivity index (χ4n) is 3.61. The molecule has 1 saturated heterocycles. The molecule has 0 spiro atoms. The fraction of sp³-hybridized carbons (Fsp3) is 0.304. The second-order valence-corrected chi connectivity index (χ2v) is 7.64. The van der Waals surface area contributed by atoms with Crippen molar-refractivity contribution in [2.24, 2.45) is 5.92 Å². The lowest BCUT2D eigenvalue weighted by Crippen LogP contribution is -2.34. The summed E-state index contributed by atoms with van der Waals surface area (Å²) in [7, 11) is 0. The van der Waals surface area contributed by atoms with Gasteiger partial charge in [-0.3, -0.25) is 9.48 Å². The zero-order valence-electron chi connectivity index (χ0n) is 16.5. The van der Waals surface area contributed by atoms with E-state index in [1.54, 1.807) is 6.20 Å².